The Morgan fingerprint density at radius 2 is 2.08 bits per heavy atom. The number of nitrogens with zero attached hydrogens (tertiary/aromatic N) is 3. The van der Waals surface area contributed by atoms with Crippen molar-refractivity contribution < 1.29 is 5.11 Å². The van der Waals surface area contributed by atoms with Gasteiger partial charge < -0.3 is 5.11 Å². The Kier molecular flexibility index (Phi) is 2.19. The van der Waals surface area contributed by atoms with Crippen molar-refractivity contribution in [1.82, 2.24) is 15.0 Å². The zero-order valence-electron chi connectivity index (χ0n) is 7.94. The molecule has 1 heterocycles. The first kappa shape index (κ1) is 9.19. The molecule has 0 saturated carbocycles. The van der Waals surface area contributed by atoms with Gasteiger partial charge in [0.15, 0.2) is 0 Å². The largest absolute Gasteiger partial charge is 0.384 e. The standard InChI is InChI=1S/C8H15N3O/c1-6(2)11-9-5-7(10-11)8(3,4)12/h5-6,12H,1-4H3. The van der Waals surface area contributed by atoms with Crippen LogP contribution in [0, 0.1) is 0 Å². The minimum atomic E-state index is -0.896. The normalized spacial score (nSPS) is 12.5. The SMILES string of the molecule is CC(C)n1ncc(C(C)(C)O)n1. The maximum atomic E-state index is 9.57. The van der Waals surface area contributed by atoms with Crippen LogP contribution in [-0.2, 0) is 5.60 Å². The van der Waals surface area contributed by atoms with Crippen molar-refractivity contribution in [3.05, 3.63) is 11.9 Å². The van der Waals surface area contributed by atoms with Gasteiger partial charge in [-0.2, -0.15) is 15.0 Å². The zero-order valence-corrected chi connectivity index (χ0v) is 7.94. The third-order valence-electron chi connectivity index (χ3n) is 1.60. The highest BCUT2D eigenvalue weighted by Crippen LogP contribution is 2.16. The molecule has 0 radical (unpaired) electrons. The van der Waals surface area contributed by atoms with Crippen LogP contribution in [0.3, 0.4) is 0 Å². The molecule has 1 aromatic rings. The molecule has 4 heteroatoms. The summed E-state index contributed by atoms with van der Waals surface area (Å²) in [5, 5.41) is 17.7. The van der Waals surface area contributed by atoms with Crippen molar-refractivity contribution in [2.24, 2.45) is 0 Å². The summed E-state index contributed by atoms with van der Waals surface area (Å²) in [6, 6.07) is 0.237. The van der Waals surface area contributed by atoms with Crippen molar-refractivity contribution in [3.8, 4) is 0 Å². The average Bonchev–Trinajstić information content (AvgIpc) is 2.30. The van der Waals surface area contributed by atoms with E-state index in [2.05, 4.69) is 10.2 Å². The monoisotopic (exact) mass is 169 g/mol. The van der Waals surface area contributed by atoms with Gasteiger partial charge in [-0.1, -0.05) is 0 Å². The van der Waals surface area contributed by atoms with Crippen LogP contribution in [-0.4, -0.2) is 20.1 Å². The van der Waals surface area contributed by atoms with E-state index < -0.39 is 5.60 Å². The zero-order chi connectivity index (χ0) is 9.35. The van der Waals surface area contributed by atoms with E-state index >= 15 is 0 Å². The minimum absolute atomic E-state index is 0.237. The molecule has 0 fully saturated rings. The van der Waals surface area contributed by atoms with Gasteiger partial charge >= 0.3 is 0 Å². The lowest BCUT2D eigenvalue weighted by molar-refractivity contribution is 0.0729. The first-order chi connectivity index (χ1) is 5.41. The summed E-state index contributed by atoms with van der Waals surface area (Å²) in [4.78, 5) is 1.59. The summed E-state index contributed by atoms with van der Waals surface area (Å²) in [6.45, 7) is 7.38. The number of aromatic nitrogens is 3. The van der Waals surface area contributed by atoms with Crippen LogP contribution in [0.5, 0.6) is 0 Å². The lowest BCUT2D eigenvalue weighted by Crippen LogP contribution is -2.17. The summed E-state index contributed by atoms with van der Waals surface area (Å²) in [6.07, 6.45) is 1.60. The summed E-state index contributed by atoms with van der Waals surface area (Å²) >= 11 is 0. The highest BCUT2D eigenvalue weighted by molar-refractivity contribution is 5.02. The highest BCUT2D eigenvalue weighted by atomic mass is 16.3. The Morgan fingerprint density at radius 1 is 1.50 bits per heavy atom. The van der Waals surface area contributed by atoms with E-state index in [1.807, 2.05) is 13.8 Å². The van der Waals surface area contributed by atoms with Crippen molar-refractivity contribution in [2.45, 2.75) is 39.3 Å². The second-order valence-corrected chi connectivity index (χ2v) is 3.70. The highest BCUT2D eigenvalue weighted by Gasteiger charge is 2.20. The fraction of sp³-hybridized carbons (Fsp3) is 0.750. The van der Waals surface area contributed by atoms with Gasteiger partial charge in [-0.25, -0.2) is 0 Å². The van der Waals surface area contributed by atoms with Crippen molar-refractivity contribution in [3.63, 3.8) is 0 Å². The Labute approximate surface area is 72.2 Å². The number of rotatable bonds is 2. The van der Waals surface area contributed by atoms with Crippen molar-refractivity contribution >= 4 is 0 Å². The minimum Gasteiger partial charge on any atom is -0.384 e. The molecule has 68 valence electrons. The maximum absolute atomic E-state index is 9.57. The number of hydrogen-bond donors (Lipinski definition) is 1. The molecule has 12 heavy (non-hydrogen) atoms. The summed E-state index contributed by atoms with van der Waals surface area (Å²) in [5.74, 6) is 0. The van der Waals surface area contributed by atoms with Crippen molar-refractivity contribution in [2.75, 3.05) is 0 Å². The first-order valence-electron chi connectivity index (χ1n) is 4.06. The van der Waals surface area contributed by atoms with Crippen LogP contribution < -0.4 is 0 Å². The molecule has 0 unspecified atom stereocenters. The Hall–Kier alpha value is -0.900. The van der Waals surface area contributed by atoms with Crippen LogP contribution >= 0.6 is 0 Å². The van der Waals surface area contributed by atoms with Crippen LogP contribution in [0.25, 0.3) is 0 Å². The molecular formula is C8H15N3O. The first-order valence-corrected chi connectivity index (χ1v) is 4.06. The van der Waals surface area contributed by atoms with Gasteiger partial charge in [0.05, 0.1) is 12.2 Å². The molecule has 0 aliphatic carbocycles. The average molecular weight is 169 g/mol. The van der Waals surface area contributed by atoms with E-state index in [-0.39, 0.29) is 6.04 Å². The molecule has 1 aromatic heterocycles. The van der Waals surface area contributed by atoms with Crippen LogP contribution in [0.15, 0.2) is 6.20 Å². The predicted octanol–water partition coefficient (Wildman–Crippen LogP) is 1.09. The van der Waals surface area contributed by atoms with Gasteiger partial charge in [-0.15, -0.1) is 0 Å². The lowest BCUT2D eigenvalue weighted by atomic mass is 10.1. The quantitative estimate of drug-likeness (QED) is 0.721. The third-order valence-corrected chi connectivity index (χ3v) is 1.60. The molecule has 0 bridgehead atoms. The van der Waals surface area contributed by atoms with Gasteiger partial charge in [0, 0.05) is 0 Å². The lowest BCUT2D eigenvalue weighted by Gasteiger charge is -2.12. The van der Waals surface area contributed by atoms with Gasteiger partial charge in [0.2, 0.25) is 0 Å². The third kappa shape index (κ3) is 1.82. The van der Waals surface area contributed by atoms with Crippen LogP contribution in [0.4, 0.5) is 0 Å². The van der Waals surface area contributed by atoms with Gasteiger partial charge in [-0.05, 0) is 27.7 Å². The van der Waals surface area contributed by atoms with Gasteiger partial charge in [0.1, 0.15) is 11.3 Å². The van der Waals surface area contributed by atoms with Crippen molar-refractivity contribution in [1.29, 1.82) is 0 Å². The second-order valence-electron chi connectivity index (χ2n) is 3.70. The fourth-order valence-electron chi connectivity index (χ4n) is 0.805. The van der Waals surface area contributed by atoms with E-state index in [4.69, 9.17) is 0 Å². The number of aliphatic hydroxyl groups is 1. The molecule has 1 rings (SSSR count). The Balaban J connectivity index is 2.92. The van der Waals surface area contributed by atoms with Crippen LogP contribution in [0.1, 0.15) is 39.4 Å². The Morgan fingerprint density at radius 3 is 2.33 bits per heavy atom. The van der Waals surface area contributed by atoms with E-state index in [1.165, 1.54) is 0 Å². The van der Waals surface area contributed by atoms with E-state index in [0.29, 0.717) is 5.69 Å². The molecule has 4 nitrogen and oxygen atoms in total. The molecular weight excluding hydrogens is 154 g/mol. The fourth-order valence-corrected chi connectivity index (χ4v) is 0.805. The summed E-state index contributed by atoms with van der Waals surface area (Å²) in [5.41, 5.74) is -0.288. The predicted molar refractivity (Wildman–Crippen MR) is 45.7 cm³/mol. The molecule has 0 saturated heterocycles. The molecule has 0 spiro atoms. The molecule has 0 aromatic carbocycles. The van der Waals surface area contributed by atoms with E-state index in [0.717, 1.165) is 0 Å². The van der Waals surface area contributed by atoms with E-state index in [1.54, 1.807) is 24.8 Å². The molecule has 1 N–H and O–H groups in total. The second kappa shape index (κ2) is 2.86. The molecule has 0 amide bonds. The summed E-state index contributed by atoms with van der Waals surface area (Å²) < 4.78 is 0. The van der Waals surface area contributed by atoms with E-state index in [9.17, 15) is 5.11 Å². The molecule has 0 atom stereocenters. The molecule has 0 aliphatic rings. The van der Waals surface area contributed by atoms with Gasteiger partial charge in [0.25, 0.3) is 0 Å². The number of hydrogen-bond acceptors (Lipinski definition) is 3. The topological polar surface area (TPSA) is 50.9 Å². The summed E-state index contributed by atoms with van der Waals surface area (Å²) in [7, 11) is 0. The van der Waals surface area contributed by atoms with Gasteiger partial charge in [-0.3, -0.25) is 0 Å². The van der Waals surface area contributed by atoms with Crippen LogP contribution in [0.2, 0.25) is 0 Å². The molecule has 0 aliphatic heterocycles. The maximum Gasteiger partial charge on any atom is 0.114 e. The Bertz CT molecular complexity index is 260. The smallest absolute Gasteiger partial charge is 0.114 e.